The van der Waals surface area contributed by atoms with Crippen LogP contribution < -0.4 is 15.3 Å². The number of hydrogen-bond acceptors (Lipinski definition) is 6. The van der Waals surface area contributed by atoms with Crippen molar-refractivity contribution in [1.29, 1.82) is 0 Å². The van der Waals surface area contributed by atoms with Crippen molar-refractivity contribution in [2.24, 2.45) is 7.05 Å². The summed E-state index contributed by atoms with van der Waals surface area (Å²) in [6, 6.07) is 3.82. The largest absolute Gasteiger partial charge is 0.485 e. The van der Waals surface area contributed by atoms with Crippen molar-refractivity contribution < 1.29 is 9.53 Å². The molecule has 144 valence electrons. The minimum absolute atomic E-state index is 0.0433. The lowest BCUT2D eigenvalue weighted by Gasteiger charge is -2.22. The number of ether oxygens (including phenoxy) is 1. The molecule has 0 aromatic carbocycles. The summed E-state index contributed by atoms with van der Waals surface area (Å²) in [4.78, 5) is 32.8. The Morgan fingerprint density at radius 1 is 1.30 bits per heavy atom. The average molecular weight is 372 g/mol. The molecule has 0 N–H and O–H groups in total. The molecule has 0 spiro atoms. The van der Waals surface area contributed by atoms with E-state index in [1.807, 2.05) is 12.1 Å². The summed E-state index contributed by atoms with van der Waals surface area (Å²) >= 11 is 0. The number of carbonyl (C=O) groups excluding carboxylic acids is 1. The second-order valence-electron chi connectivity index (χ2n) is 7.07. The molecule has 2 aliphatic heterocycles. The van der Waals surface area contributed by atoms with Crippen molar-refractivity contribution in [2.75, 3.05) is 31.1 Å². The van der Waals surface area contributed by atoms with Crippen molar-refractivity contribution in [2.45, 2.75) is 31.9 Å². The molecule has 2 saturated heterocycles. The molecule has 0 radical (unpaired) electrons. The Morgan fingerprint density at radius 3 is 2.85 bits per heavy atom. The van der Waals surface area contributed by atoms with E-state index >= 15 is 0 Å². The summed E-state index contributed by atoms with van der Waals surface area (Å²) in [5.74, 6) is 1.55. The van der Waals surface area contributed by atoms with Gasteiger partial charge in [-0.3, -0.25) is 9.36 Å². The monoisotopic (exact) mass is 372 g/mol. The first kappa shape index (κ1) is 17.6. The molecule has 0 saturated carbocycles. The molecule has 4 rings (SSSR count). The van der Waals surface area contributed by atoms with Gasteiger partial charge in [-0.1, -0.05) is 0 Å². The number of amides is 1. The third kappa shape index (κ3) is 3.67. The Morgan fingerprint density at radius 2 is 2.11 bits per heavy atom. The molecular weight excluding hydrogens is 348 g/mol. The number of nitrogens with zero attached hydrogens (tertiary/aromatic N) is 6. The summed E-state index contributed by atoms with van der Waals surface area (Å²) in [5.41, 5.74) is -0.291. The molecule has 9 heteroatoms. The minimum atomic E-state index is -0.291. The van der Waals surface area contributed by atoms with Crippen LogP contribution in [0.5, 0.6) is 5.75 Å². The van der Waals surface area contributed by atoms with Crippen LogP contribution >= 0.6 is 0 Å². The Bertz CT molecular complexity index is 870. The fourth-order valence-corrected chi connectivity index (χ4v) is 3.63. The van der Waals surface area contributed by atoms with E-state index in [2.05, 4.69) is 15.0 Å². The maximum atomic E-state index is 12.5. The molecule has 2 aliphatic rings. The highest BCUT2D eigenvalue weighted by molar-refractivity contribution is 5.76. The molecular formula is C18H24N6O3. The predicted octanol–water partition coefficient (Wildman–Crippen LogP) is 0.257. The predicted molar refractivity (Wildman–Crippen MR) is 98.8 cm³/mol. The lowest BCUT2D eigenvalue weighted by Crippen LogP contribution is -2.36. The van der Waals surface area contributed by atoms with Crippen LogP contribution in [0.3, 0.4) is 0 Å². The van der Waals surface area contributed by atoms with Crippen LogP contribution in [0.15, 0.2) is 29.5 Å². The van der Waals surface area contributed by atoms with Crippen molar-refractivity contribution in [3.05, 3.63) is 35.1 Å². The number of aromatic nitrogens is 4. The Kier molecular flexibility index (Phi) is 4.83. The van der Waals surface area contributed by atoms with E-state index in [0.717, 1.165) is 31.1 Å². The molecule has 2 aromatic rings. The van der Waals surface area contributed by atoms with Crippen LogP contribution in [0.1, 0.15) is 19.3 Å². The zero-order valence-electron chi connectivity index (χ0n) is 15.5. The van der Waals surface area contributed by atoms with Gasteiger partial charge in [-0.15, -0.1) is 0 Å². The molecule has 4 heterocycles. The quantitative estimate of drug-likeness (QED) is 0.748. The number of rotatable bonds is 5. The lowest BCUT2D eigenvalue weighted by atomic mass is 10.3. The Balaban J connectivity index is 1.38. The first-order chi connectivity index (χ1) is 13.1. The molecule has 27 heavy (non-hydrogen) atoms. The summed E-state index contributed by atoms with van der Waals surface area (Å²) < 4.78 is 8.73. The minimum Gasteiger partial charge on any atom is -0.485 e. The van der Waals surface area contributed by atoms with E-state index < -0.39 is 0 Å². The number of pyridine rings is 1. The lowest BCUT2D eigenvalue weighted by molar-refractivity contribution is -0.131. The third-order valence-electron chi connectivity index (χ3n) is 5.12. The third-order valence-corrected chi connectivity index (χ3v) is 5.12. The Labute approximate surface area is 157 Å². The van der Waals surface area contributed by atoms with Crippen LogP contribution in [-0.2, 0) is 18.4 Å². The van der Waals surface area contributed by atoms with Gasteiger partial charge in [-0.2, -0.15) is 5.10 Å². The summed E-state index contributed by atoms with van der Waals surface area (Å²) in [6.07, 6.45) is 6.24. The highest BCUT2D eigenvalue weighted by atomic mass is 16.5. The molecule has 0 bridgehead atoms. The van der Waals surface area contributed by atoms with Gasteiger partial charge in [0.25, 0.3) is 0 Å². The summed E-state index contributed by atoms with van der Waals surface area (Å²) in [7, 11) is 1.61. The number of carbonyl (C=O) groups is 1. The highest BCUT2D eigenvalue weighted by Gasteiger charge is 2.29. The maximum Gasteiger partial charge on any atom is 0.345 e. The second-order valence-corrected chi connectivity index (χ2v) is 7.07. The van der Waals surface area contributed by atoms with E-state index in [1.54, 1.807) is 18.1 Å². The SMILES string of the molecule is Cn1cnn(CC(=O)N2CC[C@@H](Oc3cccnc3N3CCCC3)C2)c1=O. The van der Waals surface area contributed by atoms with Crippen molar-refractivity contribution in [1.82, 2.24) is 24.2 Å². The second kappa shape index (κ2) is 7.42. The van der Waals surface area contributed by atoms with Crippen LogP contribution in [0.2, 0.25) is 0 Å². The van der Waals surface area contributed by atoms with Crippen LogP contribution in [-0.4, -0.2) is 62.4 Å². The molecule has 0 unspecified atom stereocenters. The number of hydrogen-bond donors (Lipinski definition) is 0. The molecule has 1 atom stereocenters. The van der Waals surface area contributed by atoms with E-state index in [1.165, 1.54) is 28.4 Å². The van der Waals surface area contributed by atoms with Crippen molar-refractivity contribution in [3.63, 3.8) is 0 Å². The van der Waals surface area contributed by atoms with Gasteiger partial charge in [0.05, 0.1) is 6.54 Å². The number of anilines is 1. The van der Waals surface area contributed by atoms with Crippen LogP contribution in [0.4, 0.5) is 5.82 Å². The number of likely N-dealkylation sites (tertiary alicyclic amines) is 1. The molecule has 2 aromatic heterocycles. The van der Waals surface area contributed by atoms with Gasteiger partial charge in [0.15, 0.2) is 11.6 Å². The highest BCUT2D eigenvalue weighted by Crippen LogP contribution is 2.30. The van der Waals surface area contributed by atoms with Crippen LogP contribution in [0.25, 0.3) is 0 Å². The number of aryl methyl sites for hydroxylation is 1. The van der Waals surface area contributed by atoms with E-state index in [-0.39, 0.29) is 24.2 Å². The standard InChI is InChI=1S/C18H24N6O3/c1-21-13-20-24(18(21)26)12-16(25)23-10-6-14(11-23)27-15-5-4-7-19-17(15)22-8-2-3-9-22/h4-5,7,13-14H,2-3,6,8-12H2,1H3/t14-/m1/s1. The zero-order valence-corrected chi connectivity index (χ0v) is 15.5. The zero-order chi connectivity index (χ0) is 18.8. The van der Waals surface area contributed by atoms with Crippen molar-refractivity contribution >= 4 is 11.7 Å². The van der Waals surface area contributed by atoms with Gasteiger partial charge >= 0.3 is 5.69 Å². The van der Waals surface area contributed by atoms with Gasteiger partial charge in [-0.25, -0.2) is 14.5 Å². The Hall–Kier alpha value is -2.84. The first-order valence-corrected chi connectivity index (χ1v) is 9.34. The van der Waals surface area contributed by atoms with Crippen LogP contribution in [0, 0.1) is 0 Å². The van der Waals surface area contributed by atoms with E-state index in [9.17, 15) is 9.59 Å². The fourth-order valence-electron chi connectivity index (χ4n) is 3.63. The van der Waals surface area contributed by atoms with Crippen molar-refractivity contribution in [3.8, 4) is 5.75 Å². The molecule has 1 amide bonds. The maximum absolute atomic E-state index is 12.5. The molecule has 0 aliphatic carbocycles. The average Bonchev–Trinajstić information content (AvgIpc) is 3.41. The normalized spacial score (nSPS) is 19.7. The topological polar surface area (TPSA) is 85.5 Å². The van der Waals surface area contributed by atoms with Gasteiger partial charge < -0.3 is 14.5 Å². The van der Waals surface area contributed by atoms with Gasteiger partial charge in [0, 0.05) is 39.3 Å². The smallest absolute Gasteiger partial charge is 0.345 e. The van der Waals surface area contributed by atoms with E-state index in [0.29, 0.717) is 13.1 Å². The van der Waals surface area contributed by atoms with Gasteiger partial charge in [-0.05, 0) is 25.0 Å². The summed E-state index contributed by atoms with van der Waals surface area (Å²) in [5, 5.41) is 3.94. The van der Waals surface area contributed by atoms with E-state index in [4.69, 9.17) is 4.74 Å². The first-order valence-electron chi connectivity index (χ1n) is 9.34. The van der Waals surface area contributed by atoms with Gasteiger partial charge in [0.1, 0.15) is 19.0 Å². The molecule has 9 nitrogen and oxygen atoms in total. The summed E-state index contributed by atoms with van der Waals surface area (Å²) in [6.45, 7) is 3.08. The fraction of sp³-hybridized carbons (Fsp3) is 0.556. The van der Waals surface area contributed by atoms with Gasteiger partial charge in [0.2, 0.25) is 5.91 Å². The molecule has 2 fully saturated rings.